The Morgan fingerprint density at radius 3 is 2.48 bits per heavy atom. The van der Waals surface area contributed by atoms with E-state index in [1.165, 1.54) is 4.90 Å². The first-order chi connectivity index (χ1) is 12.7. The maximum absolute atomic E-state index is 13.5. The highest BCUT2D eigenvalue weighted by Gasteiger charge is 2.71. The third-order valence-electron chi connectivity index (χ3n) is 6.59. The fourth-order valence-corrected chi connectivity index (χ4v) is 5.06. The van der Waals surface area contributed by atoms with Crippen molar-refractivity contribution >= 4 is 23.4 Å². The summed E-state index contributed by atoms with van der Waals surface area (Å²) in [5.74, 6) is -1.69. The molecule has 1 aromatic rings. The van der Waals surface area contributed by atoms with Crippen molar-refractivity contribution < 1.29 is 14.4 Å². The highest BCUT2D eigenvalue weighted by Crippen LogP contribution is 2.54. The van der Waals surface area contributed by atoms with Crippen LogP contribution in [0.4, 0.5) is 5.69 Å². The van der Waals surface area contributed by atoms with Crippen molar-refractivity contribution in [3.8, 4) is 0 Å². The van der Waals surface area contributed by atoms with Gasteiger partial charge >= 0.3 is 0 Å². The molecule has 2 fully saturated rings. The Balaban J connectivity index is 1.92. The van der Waals surface area contributed by atoms with E-state index in [1.54, 1.807) is 0 Å². The van der Waals surface area contributed by atoms with Crippen LogP contribution in [0, 0.1) is 24.7 Å². The molecule has 3 aliphatic heterocycles. The van der Waals surface area contributed by atoms with Crippen LogP contribution in [-0.4, -0.2) is 34.7 Å². The molecule has 3 heterocycles. The van der Waals surface area contributed by atoms with Crippen LogP contribution in [0.1, 0.15) is 45.2 Å². The number of likely N-dealkylation sites (tertiary alicyclic amines) is 1. The van der Waals surface area contributed by atoms with Crippen LogP contribution < -0.4 is 10.6 Å². The summed E-state index contributed by atoms with van der Waals surface area (Å²) in [5, 5.41) is 6.40. The molecule has 3 amide bonds. The van der Waals surface area contributed by atoms with E-state index in [0.29, 0.717) is 6.42 Å². The van der Waals surface area contributed by atoms with Gasteiger partial charge in [-0.3, -0.25) is 24.6 Å². The number of nitrogens with one attached hydrogen (secondary N) is 2. The van der Waals surface area contributed by atoms with Gasteiger partial charge in [-0.1, -0.05) is 38.5 Å². The van der Waals surface area contributed by atoms with Crippen molar-refractivity contribution in [3.05, 3.63) is 29.3 Å². The molecule has 0 unspecified atom stereocenters. The average molecular weight is 369 g/mol. The minimum atomic E-state index is -1.17. The number of carbonyl (C=O) groups is 3. The molecule has 4 rings (SSSR count). The molecule has 6 heteroatoms. The second-order valence-corrected chi connectivity index (χ2v) is 8.53. The normalized spacial score (nSPS) is 33.0. The summed E-state index contributed by atoms with van der Waals surface area (Å²) >= 11 is 0. The Morgan fingerprint density at radius 2 is 1.85 bits per heavy atom. The number of hydrogen-bond donors (Lipinski definition) is 2. The van der Waals surface area contributed by atoms with Crippen LogP contribution in [0.3, 0.4) is 0 Å². The molecule has 0 radical (unpaired) electrons. The van der Waals surface area contributed by atoms with Gasteiger partial charge in [-0.25, -0.2) is 0 Å². The standard InChI is InChI=1S/C21H27N3O3/c1-6-12(5)24-18(25)15-16(19(24)26)21(23-17(15)10(2)3)13-9-11(4)7-8-14(13)22-20(21)27/h7-10,12,15-17,23H,6H2,1-5H3,(H,22,27)/t12-,15+,16+,17-,21+/m1/s1. The maximum Gasteiger partial charge on any atom is 0.250 e. The Labute approximate surface area is 159 Å². The van der Waals surface area contributed by atoms with Crippen molar-refractivity contribution in [2.45, 2.75) is 58.7 Å². The molecule has 2 N–H and O–H groups in total. The predicted molar refractivity (Wildman–Crippen MR) is 102 cm³/mol. The third-order valence-corrected chi connectivity index (χ3v) is 6.59. The smallest absolute Gasteiger partial charge is 0.250 e. The van der Waals surface area contributed by atoms with Crippen molar-refractivity contribution in [2.24, 2.45) is 17.8 Å². The molecule has 0 saturated carbocycles. The molecule has 27 heavy (non-hydrogen) atoms. The Bertz CT molecular complexity index is 849. The zero-order valence-electron chi connectivity index (χ0n) is 16.5. The quantitative estimate of drug-likeness (QED) is 0.801. The van der Waals surface area contributed by atoms with Gasteiger partial charge in [0.25, 0.3) is 0 Å². The second kappa shape index (κ2) is 5.89. The van der Waals surface area contributed by atoms with Gasteiger partial charge in [-0.05, 0) is 32.3 Å². The van der Waals surface area contributed by atoms with Crippen LogP contribution >= 0.6 is 0 Å². The zero-order valence-corrected chi connectivity index (χ0v) is 16.5. The number of anilines is 1. The number of amides is 3. The molecule has 1 aromatic carbocycles. The van der Waals surface area contributed by atoms with E-state index in [1.807, 2.05) is 52.8 Å². The van der Waals surface area contributed by atoms with Crippen molar-refractivity contribution in [1.29, 1.82) is 0 Å². The van der Waals surface area contributed by atoms with Crippen molar-refractivity contribution in [1.82, 2.24) is 10.2 Å². The fraction of sp³-hybridized carbons (Fsp3) is 0.571. The number of nitrogens with zero attached hydrogens (tertiary/aromatic N) is 1. The lowest BCUT2D eigenvalue weighted by atomic mass is 9.75. The molecule has 3 aliphatic rings. The molecule has 144 valence electrons. The first kappa shape index (κ1) is 18.2. The van der Waals surface area contributed by atoms with Crippen LogP contribution in [-0.2, 0) is 19.9 Å². The molecule has 0 aromatic heterocycles. The van der Waals surface area contributed by atoms with Crippen molar-refractivity contribution in [3.63, 3.8) is 0 Å². The molecule has 0 bridgehead atoms. The van der Waals surface area contributed by atoms with Crippen LogP contribution in [0.15, 0.2) is 18.2 Å². The van der Waals surface area contributed by atoms with E-state index in [4.69, 9.17) is 0 Å². The second-order valence-electron chi connectivity index (χ2n) is 8.53. The molecule has 1 spiro atoms. The van der Waals surface area contributed by atoms with Gasteiger partial charge in [0.2, 0.25) is 17.7 Å². The number of hydrogen-bond acceptors (Lipinski definition) is 4. The van der Waals surface area contributed by atoms with E-state index in [2.05, 4.69) is 10.6 Å². The first-order valence-corrected chi connectivity index (χ1v) is 9.81. The highest BCUT2D eigenvalue weighted by molar-refractivity contribution is 6.15. The summed E-state index contributed by atoms with van der Waals surface area (Å²) in [5.41, 5.74) is 1.36. The lowest BCUT2D eigenvalue weighted by molar-refractivity contribution is -0.145. The molecule has 5 atom stereocenters. The molecular formula is C21H27N3O3. The Kier molecular flexibility index (Phi) is 3.97. The van der Waals surface area contributed by atoms with E-state index < -0.39 is 17.4 Å². The maximum atomic E-state index is 13.5. The number of benzene rings is 1. The van der Waals surface area contributed by atoms with Gasteiger partial charge in [0.1, 0.15) is 5.54 Å². The van der Waals surface area contributed by atoms with Crippen LogP contribution in [0.25, 0.3) is 0 Å². The summed E-state index contributed by atoms with van der Waals surface area (Å²) in [6, 6.07) is 5.39. The number of carbonyl (C=O) groups excluding carboxylic acids is 3. The topological polar surface area (TPSA) is 78.5 Å². The van der Waals surface area contributed by atoms with Crippen molar-refractivity contribution in [2.75, 3.05) is 5.32 Å². The van der Waals surface area contributed by atoms with Gasteiger partial charge in [-0.2, -0.15) is 0 Å². The monoisotopic (exact) mass is 369 g/mol. The fourth-order valence-electron chi connectivity index (χ4n) is 5.06. The summed E-state index contributed by atoms with van der Waals surface area (Å²) in [6.45, 7) is 9.89. The van der Waals surface area contributed by atoms with Gasteiger partial charge < -0.3 is 5.32 Å². The van der Waals surface area contributed by atoms with Gasteiger partial charge in [0.15, 0.2) is 0 Å². The van der Waals surface area contributed by atoms with E-state index in [0.717, 1.165) is 16.8 Å². The summed E-state index contributed by atoms with van der Waals surface area (Å²) in [6.07, 6.45) is 0.700. The number of imide groups is 1. The molecule has 0 aliphatic carbocycles. The Morgan fingerprint density at radius 1 is 1.15 bits per heavy atom. The van der Waals surface area contributed by atoms with Crippen LogP contribution in [0.2, 0.25) is 0 Å². The SMILES string of the molecule is CC[C@@H](C)N1C(=O)[C@@H]2[C@@H](C(C)C)N[C@]3(C(=O)Nc4ccc(C)cc43)[C@@H]2C1=O. The van der Waals surface area contributed by atoms with Gasteiger partial charge in [0, 0.05) is 23.3 Å². The number of fused-ring (bicyclic) bond motifs is 4. The Hall–Kier alpha value is -2.21. The molecular weight excluding hydrogens is 342 g/mol. The summed E-state index contributed by atoms with van der Waals surface area (Å²) < 4.78 is 0. The van der Waals surface area contributed by atoms with Gasteiger partial charge in [-0.15, -0.1) is 0 Å². The predicted octanol–water partition coefficient (Wildman–Crippen LogP) is 2.17. The highest BCUT2D eigenvalue weighted by atomic mass is 16.2. The van der Waals surface area contributed by atoms with E-state index >= 15 is 0 Å². The molecule has 6 nitrogen and oxygen atoms in total. The molecule has 2 saturated heterocycles. The lowest BCUT2D eigenvalue weighted by Crippen LogP contribution is -2.54. The lowest BCUT2D eigenvalue weighted by Gasteiger charge is -2.32. The minimum absolute atomic E-state index is 0.118. The van der Waals surface area contributed by atoms with Gasteiger partial charge in [0.05, 0.1) is 11.8 Å². The van der Waals surface area contributed by atoms with Crippen LogP contribution in [0.5, 0.6) is 0 Å². The largest absolute Gasteiger partial charge is 0.324 e. The number of rotatable bonds is 3. The van der Waals surface area contributed by atoms with E-state index in [9.17, 15) is 14.4 Å². The first-order valence-electron chi connectivity index (χ1n) is 9.81. The zero-order chi connectivity index (χ0) is 19.7. The summed E-state index contributed by atoms with van der Waals surface area (Å²) in [4.78, 5) is 41.4. The summed E-state index contributed by atoms with van der Waals surface area (Å²) in [7, 11) is 0. The van der Waals surface area contributed by atoms with E-state index in [-0.39, 0.29) is 35.7 Å². The third kappa shape index (κ3) is 2.19. The minimum Gasteiger partial charge on any atom is -0.324 e. The number of aryl methyl sites for hydroxylation is 1. The average Bonchev–Trinajstić information content (AvgIpc) is 3.20.